The number of carbonyl (C=O) groups excluding carboxylic acids is 1. The van der Waals surface area contributed by atoms with E-state index in [1.165, 1.54) is 0 Å². The van der Waals surface area contributed by atoms with Crippen molar-refractivity contribution < 1.29 is 9.32 Å². The van der Waals surface area contributed by atoms with Crippen LogP contribution in [0.25, 0.3) is 11.5 Å². The predicted octanol–water partition coefficient (Wildman–Crippen LogP) is 4.08. The molecule has 166 valence electrons. The van der Waals surface area contributed by atoms with Gasteiger partial charge >= 0.3 is 0 Å². The first-order valence-corrected chi connectivity index (χ1v) is 12.0. The van der Waals surface area contributed by atoms with Gasteiger partial charge in [-0.2, -0.15) is 0 Å². The Bertz CT molecular complexity index is 977. The van der Waals surface area contributed by atoms with Crippen LogP contribution in [0.2, 0.25) is 5.15 Å². The third-order valence-electron chi connectivity index (χ3n) is 7.28. The largest absolute Gasteiger partial charge is 0.359 e. The summed E-state index contributed by atoms with van der Waals surface area (Å²) in [5.74, 6) is 2.40. The summed E-state index contributed by atoms with van der Waals surface area (Å²) in [5, 5.41) is 8.31. The number of halogens is 1. The predicted molar refractivity (Wildman–Crippen MR) is 120 cm³/mol. The number of nitrogens with zero attached hydrogens (tertiary/aromatic N) is 4. The lowest BCUT2D eigenvalue weighted by molar-refractivity contribution is -0.128. The summed E-state index contributed by atoms with van der Waals surface area (Å²) in [6, 6.07) is 2.20. The van der Waals surface area contributed by atoms with Crippen molar-refractivity contribution in [3.05, 3.63) is 22.5 Å². The standard InChI is InChI=1S/C23H30ClN5O2/c1-2-15-14-25-11-6-12-29(15)19-13-18(24)26-22(27-19)20-16-7-5-10-23(21(16)31-28-20)9-4-3-8-17(23)30/h13,15,25H,2-12,14H2,1H3/t15-,23+/m0/s1. The van der Waals surface area contributed by atoms with Crippen LogP contribution in [0.4, 0.5) is 5.82 Å². The van der Waals surface area contributed by atoms with E-state index in [4.69, 9.17) is 21.1 Å². The number of carbonyl (C=O) groups is 1. The van der Waals surface area contributed by atoms with Crippen LogP contribution >= 0.6 is 11.6 Å². The molecule has 2 aliphatic carbocycles. The van der Waals surface area contributed by atoms with Crippen molar-refractivity contribution in [1.29, 1.82) is 0 Å². The van der Waals surface area contributed by atoms with E-state index in [1.54, 1.807) is 0 Å². The SMILES string of the molecule is CC[C@H]1CNCCCN1c1cc(Cl)nc(-c2noc3c2CCC[C@@]32CCCCC2=O)n1. The van der Waals surface area contributed by atoms with Gasteiger partial charge in [-0.05, 0) is 51.5 Å². The van der Waals surface area contributed by atoms with Crippen molar-refractivity contribution in [1.82, 2.24) is 20.4 Å². The van der Waals surface area contributed by atoms with Gasteiger partial charge in [-0.1, -0.05) is 30.1 Å². The average molecular weight is 444 g/mol. The van der Waals surface area contributed by atoms with Gasteiger partial charge in [0, 0.05) is 37.2 Å². The second kappa shape index (κ2) is 8.51. The summed E-state index contributed by atoms with van der Waals surface area (Å²) < 4.78 is 5.88. The Balaban J connectivity index is 1.55. The lowest BCUT2D eigenvalue weighted by atomic mass is 9.64. The Morgan fingerprint density at radius 3 is 2.94 bits per heavy atom. The molecule has 0 bridgehead atoms. The molecule has 3 heterocycles. The summed E-state index contributed by atoms with van der Waals surface area (Å²) >= 11 is 6.46. The Morgan fingerprint density at radius 2 is 2.10 bits per heavy atom. The number of hydrogen-bond donors (Lipinski definition) is 1. The van der Waals surface area contributed by atoms with Crippen LogP contribution < -0.4 is 10.2 Å². The second-order valence-electron chi connectivity index (χ2n) is 9.09. The number of hydrogen-bond acceptors (Lipinski definition) is 7. The summed E-state index contributed by atoms with van der Waals surface area (Å²) in [6.07, 6.45) is 8.24. The van der Waals surface area contributed by atoms with Crippen LogP contribution in [0.5, 0.6) is 0 Å². The van der Waals surface area contributed by atoms with Crippen molar-refractivity contribution in [2.45, 2.75) is 76.2 Å². The van der Waals surface area contributed by atoms with E-state index in [1.807, 2.05) is 6.07 Å². The molecule has 3 aliphatic rings. The van der Waals surface area contributed by atoms with Crippen LogP contribution in [-0.4, -0.2) is 46.6 Å². The zero-order valence-corrected chi connectivity index (χ0v) is 18.9. The molecule has 1 saturated carbocycles. The Morgan fingerprint density at radius 1 is 1.23 bits per heavy atom. The Labute approximate surface area is 187 Å². The van der Waals surface area contributed by atoms with E-state index in [-0.39, 0.29) is 0 Å². The number of aromatic nitrogens is 3. The van der Waals surface area contributed by atoms with E-state index in [2.05, 4.69) is 27.3 Å². The smallest absolute Gasteiger partial charge is 0.185 e. The molecule has 2 aromatic heterocycles. The zero-order chi connectivity index (χ0) is 21.4. The molecule has 1 N–H and O–H groups in total. The average Bonchev–Trinajstić information content (AvgIpc) is 3.07. The van der Waals surface area contributed by atoms with Gasteiger partial charge in [0.15, 0.2) is 17.3 Å². The lowest BCUT2D eigenvalue weighted by Gasteiger charge is -2.36. The first-order chi connectivity index (χ1) is 15.1. The van der Waals surface area contributed by atoms with Crippen molar-refractivity contribution in [2.75, 3.05) is 24.5 Å². The minimum Gasteiger partial charge on any atom is -0.359 e. The number of rotatable bonds is 3. The quantitative estimate of drug-likeness (QED) is 0.715. The third kappa shape index (κ3) is 3.65. The molecule has 31 heavy (non-hydrogen) atoms. The highest BCUT2D eigenvalue weighted by Crippen LogP contribution is 2.47. The van der Waals surface area contributed by atoms with Gasteiger partial charge in [0.1, 0.15) is 16.8 Å². The molecule has 5 rings (SSSR count). The van der Waals surface area contributed by atoms with Crippen molar-refractivity contribution in [3.8, 4) is 11.5 Å². The van der Waals surface area contributed by atoms with Crippen LogP contribution in [0, 0.1) is 0 Å². The highest BCUT2D eigenvalue weighted by atomic mass is 35.5. The van der Waals surface area contributed by atoms with E-state index in [0.29, 0.717) is 34.9 Å². The molecule has 1 spiro atoms. The maximum absolute atomic E-state index is 12.9. The highest BCUT2D eigenvalue weighted by Gasteiger charge is 2.48. The van der Waals surface area contributed by atoms with Gasteiger partial charge in [-0.15, -0.1) is 0 Å². The fraction of sp³-hybridized carbons (Fsp3) is 0.652. The summed E-state index contributed by atoms with van der Waals surface area (Å²) in [6.45, 7) is 5.05. The van der Waals surface area contributed by atoms with Crippen LogP contribution in [0.15, 0.2) is 10.6 Å². The maximum atomic E-state index is 12.9. The molecule has 0 radical (unpaired) electrons. The Hall–Kier alpha value is -1.99. The number of anilines is 1. The van der Waals surface area contributed by atoms with Crippen molar-refractivity contribution >= 4 is 23.2 Å². The van der Waals surface area contributed by atoms with Gasteiger partial charge in [0.05, 0.1) is 5.41 Å². The molecule has 2 aromatic rings. The van der Waals surface area contributed by atoms with Gasteiger partial charge in [-0.25, -0.2) is 9.97 Å². The van der Waals surface area contributed by atoms with E-state index < -0.39 is 5.41 Å². The summed E-state index contributed by atoms with van der Waals surface area (Å²) in [5.41, 5.74) is 1.15. The molecule has 2 atom stereocenters. The fourth-order valence-electron chi connectivity index (χ4n) is 5.63. The molecule has 1 aliphatic heterocycles. The minimum atomic E-state index is -0.498. The third-order valence-corrected chi connectivity index (χ3v) is 7.47. The topological polar surface area (TPSA) is 84.1 Å². The van der Waals surface area contributed by atoms with E-state index in [9.17, 15) is 4.79 Å². The fourth-order valence-corrected chi connectivity index (χ4v) is 5.81. The minimum absolute atomic E-state index is 0.304. The van der Waals surface area contributed by atoms with Gasteiger partial charge < -0.3 is 14.7 Å². The molecule has 2 fully saturated rings. The normalized spacial score (nSPS) is 26.7. The summed E-state index contributed by atoms with van der Waals surface area (Å²) in [7, 11) is 0. The van der Waals surface area contributed by atoms with E-state index in [0.717, 1.165) is 88.1 Å². The molecular formula is C23H30ClN5O2. The van der Waals surface area contributed by atoms with E-state index >= 15 is 0 Å². The maximum Gasteiger partial charge on any atom is 0.185 e. The van der Waals surface area contributed by atoms with Crippen LogP contribution in [-0.2, 0) is 16.6 Å². The molecule has 0 aromatic carbocycles. The molecule has 8 heteroatoms. The van der Waals surface area contributed by atoms with Gasteiger partial charge in [-0.3, -0.25) is 4.79 Å². The number of ketones is 1. The molecule has 7 nitrogen and oxygen atoms in total. The summed E-state index contributed by atoms with van der Waals surface area (Å²) in [4.78, 5) is 24.7. The number of Topliss-reactive ketones (excluding diaryl/α,β-unsaturated/α-hetero) is 1. The number of nitrogens with one attached hydrogen (secondary N) is 1. The lowest BCUT2D eigenvalue weighted by Crippen LogP contribution is -2.41. The van der Waals surface area contributed by atoms with Gasteiger partial charge in [0.25, 0.3) is 0 Å². The number of fused-ring (bicyclic) bond motifs is 2. The molecule has 0 unspecified atom stereocenters. The molecule has 1 saturated heterocycles. The van der Waals surface area contributed by atoms with Crippen LogP contribution in [0.1, 0.15) is 69.6 Å². The molecule has 0 amide bonds. The van der Waals surface area contributed by atoms with Crippen molar-refractivity contribution in [3.63, 3.8) is 0 Å². The highest BCUT2D eigenvalue weighted by molar-refractivity contribution is 6.29. The van der Waals surface area contributed by atoms with Crippen LogP contribution in [0.3, 0.4) is 0 Å². The molecular weight excluding hydrogens is 414 g/mol. The monoisotopic (exact) mass is 443 g/mol. The second-order valence-corrected chi connectivity index (χ2v) is 9.48. The zero-order valence-electron chi connectivity index (χ0n) is 18.1. The van der Waals surface area contributed by atoms with Gasteiger partial charge in [0.2, 0.25) is 0 Å². The van der Waals surface area contributed by atoms with Crippen molar-refractivity contribution in [2.24, 2.45) is 0 Å². The Kier molecular flexibility index (Phi) is 5.73. The first kappa shape index (κ1) is 20.9. The first-order valence-electron chi connectivity index (χ1n) is 11.7.